The van der Waals surface area contributed by atoms with Crippen LogP contribution < -0.4 is 5.32 Å². The van der Waals surface area contributed by atoms with Gasteiger partial charge in [0.25, 0.3) is 0 Å². The maximum atomic E-state index is 6.20. The lowest BCUT2D eigenvalue weighted by molar-refractivity contribution is 0.490. The molecule has 0 spiro atoms. The van der Waals surface area contributed by atoms with Crippen LogP contribution in [0.3, 0.4) is 0 Å². The van der Waals surface area contributed by atoms with Crippen LogP contribution in [0.4, 0.5) is 0 Å². The van der Waals surface area contributed by atoms with E-state index in [0.29, 0.717) is 10.8 Å². The van der Waals surface area contributed by atoms with Crippen molar-refractivity contribution in [2.24, 2.45) is 0 Å². The Morgan fingerprint density at radius 2 is 2.24 bits per heavy atom. The zero-order valence-electron chi connectivity index (χ0n) is 10.5. The summed E-state index contributed by atoms with van der Waals surface area (Å²) in [5.41, 5.74) is 1.20. The van der Waals surface area contributed by atoms with Crippen molar-refractivity contribution in [1.82, 2.24) is 5.32 Å². The molecule has 0 aliphatic carbocycles. The van der Waals surface area contributed by atoms with Gasteiger partial charge in [0.2, 0.25) is 0 Å². The Morgan fingerprint density at radius 3 is 2.88 bits per heavy atom. The number of hydrogen-bond acceptors (Lipinski definition) is 2. The fourth-order valence-corrected chi connectivity index (χ4v) is 3.84. The molecular formula is C14H20ClNS. The van der Waals surface area contributed by atoms with Crippen LogP contribution in [0.1, 0.15) is 38.3 Å². The number of hydrogen-bond donors (Lipinski definition) is 1. The summed E-state index contributed by atoms with van der Waals surface area (Å²) in [5.74, 6) is 1.30. The Bertz CT molecular complexity index is 374. The lowest BCUT2D eigenvalue weighted by Gasteiger charge is -2.26. The summed E-state index contributed by atoms with van der Waals surface area (Å²) < 4.78 is 0.412. The fourth-order valence-electron chi connectivity index (χ4n) is 2.28. The van der Waals surface area contributed by atoms with Crippen LogP contribution in [-0.4, -0.2) is 17.0 Å². The molecule has 1 saturated heterocycles. The van der Waals surface area contributed by atoms with Gasteiger partial charge >= 0.3 is 0 Å². The first-order valence-electron chi connectivity index (χ1n) is 6.22. The Balaban J connectivity index is 1.93. The quantitative estimate of drug-likeness (QED) is 0.876. The van der Waals surface area contributed by atoms with Gasteiger partial charge in [-0.3, -0.25) is 0 Å². The predicted octanol–water partition coefficient (Wildman–Crippen LogP) is 4.28. The number of thioether (sulfide) groups is 1. The van der Waals surface area contributed by atoms with Crippen LogP contribution >= 0.6 is 23.4 Å². The van der Waals surface area contributed by atoms with Crippen molar-refractivity contribution < 1.29 is 0 Å². The van der Waals surface area contributed by atoms with Crippen LogP contribution in [0.2, 0.25) is 5.02 Å². The zero-order valence-corrected chi connectivity index (χ0v) is 12.1. The van der Waals surface area contributed by atoms with Crippen molar-refractivity contribution >= 4 is 23.4 Å². The molecule has 2 rings (SSSR count). The first kappa shape index (κ1) is 13.3. The molecule has 17 heavy (non-hydrogen) atoms. The van der Waals surface area contributed by atoms with Crippen molar-refractivity contribution in [1.29, 1.82) is 0 Å². The molecule has 1 aliphatic rings. The van der Waals surface area contributed by atoms with Crippen LogP contribution in [0.15, 0.2) is 24.3 Å². The van der Waals surface area contributed by atoms with Crippen LogP contribution in [0, 0.1) is 0 Å². The first-order chi connectivity index (χ1) is 8.11. The van der Waals surface area contributed by atoms with Gasteiger partial charge in [-0.05, 0) is 44.1 Å². The summed E-state index contributed by atoms with van der Waals surface area (Å²) in [7, 11) is 0. The Labute approximate surface area is 113 Å². The lowest BCUT2D eigenvalue weighted by atomic mass is 10.0. The SMILES string of the molecule is CC(NCC1(C)CCCS1)c1ccccc1Cl. The molecule has 1 aliphatic heterocycles. The van der Waals surface area contributed by atoms with Crippen molar-refractivity contribution in [3.63, 3.8) is 0 Å². The lowest BCUT2D eigenvalue weighted by Crippen LogP contribution is -2.34. The Kier molecular flexibility index (Phi) is 4.40. The van der Waals surface area contributed by atoms with Crippen LogP contribution in [-0.2, 0) is 0 Å². The minimum absolute atomic E-state index is 0.321. The third kappa shape index (κ3) is 3.40. The zero-order chi connectivity index (χ0) is 12.3. The molecule has 1 aromatic rings. The van der Waals surface area contributed by atoms with Crippen molar-refractivity contribution in [2.45, 2.75) is 37.5 Å². The minimum Gasteiger partial charge on any atom is -0.309 e. The Morgan fingerprint density at radius 1 is 1.47 bits per heavy atom. The highest BCUT2D eigenvalue weighted by Crippen LogP contribution is 2.37. The molecule has 0 aromatic heterocycles. The average Bonchev–Trinajstić information content (AvgIpc) is 2.74. The molecule has 94 valence electrons. The smallest absolute Gasteiger partial charge is 0.0453 e. The minimum atomic E-state index is 0.321. The van der Waals surface area contributed by atoms with E-state index in [9.17, 15) is 0 Å². The van der Waals surface area contributed by atoms with Gasteiger partial charge in [-0.1, -0.05) is 29.8 Å². The molecule has 1 heterocycles. The molecule has 0 bridgehead atoms. The average molecular weight is 270 g/mol. The van der Waals surface area contributed by atoms with E-state index in [2.05, 4.69) is 37.0 Å². The third-order valence-electron chi connectivity index (χ3n) is 3.45. The largest absolute Gasteiger partial charge is 0.309 e. The fraction of sp³-hybridized carbons (Fsp3) is 0.571. The van der Waals surface area contributed by atoms with E-state index in [1.54, 1.807) is 0 Å². The Hall–Kier alpha value is -0.180. The molecule has 1 nitrogen and oxygen atoms in total. The van der Waals surface area contributed by atoms with Gasteiger partial charge in [0, 0.05) is 22.4 Å². The molecule has 0 saturated carbocycles. The molecule has 2 unspecified atom stereocenters. The van der Waals surface area contributed by atoms with Gasteiger partial charge in [-0.25, -0.2) is 0 Å². The second-order valence-corrected chi connectivity index (χ2v) is 7.12. The highest BCUT2D eigenvalue weighted by molar-refractivity contribution is 8.00. The third-order valence-corrected chi connectivity index (χ3v) is 5.34. The van der Waals surface area contributed by atoms with E-state index >= 15 is 0 Å². The maximum absolute atomic E-state index is 6.20. The molecule has 1 fully saturated rings. The topological polar surface area (TPSA) is 12.0 Å². The second-order valence-electron chi connectivity index (χ2n) is 5.03. The highest BCUT2D eigenvalue weighted by atomic mass is 35.5. The molecule has 1 N–H and O–H groups in total. The van der Waals surface area contributed by atoms with Gasteiger partial charge in [-0.15, -0.1) is 0 Å². The number of benzene rings is 1. The van der Waals surface area contributed by atoms with E-state index in [-0.39, 0.29) is 0 Å². The molecule has 2 atom stereocenters. The van der Waals surface area contributed by atoms with Gasteiger partial charge in [0.15, 0.2) is 0 Å². The number of nitrogens with one attached hydrogen (secondary N) is 1. The molecular weight excluding hydrogens is 250 g/mol. The summed E-state index contributed by atoms with van der Waals surface area (Å²) in [6.45, 7) is 5.60. The predicted molar refractivity (Wildman–Crippen MR) is 78.0 cm³/mol. The summed E-state index contributed by atoms with van der Waals surface area (Å²) in [6, 6.07) is 8.41. The van der Waals surface area contributed by atoms with Gasteiger partial charge in [0.05, 0.1) is 0 Å². The van der Waals surface area contributed by atoms with Crippen molar-refractivity contribution in [3.8, 4) is 0 Å². The summed E-state index contributed by atoms with van der Waals surface area (Å²) in [5, 5.41) is 4.47. The molecule has 1 aromatic carbocycles. The molecule has 0 radical (unpaired) electrons. The summed E-state index contributed by atoms with van der Waals surface area (Å²) in [6.07, 6.45) is 2.67. The molecule has 3 heteroatoms. The normalized spacial score (nSPS) is 26.1. The monoisotopic (exact) mass is 269 g/mol. The van der Waals surface area contributed by atoms with E-state index in [1.165, 1.54) is 24.2 Å². The first-order valence-corrected chi connectivity index (χ1v) is 7.59. The van der Waals surface area contributed by atoms with Gasteiger partial charge in [-0.2, -0.15) is 11.8 Å². The summed E-state index contributed by atoms with van der Waals surface area (Å²) >= 11 is 8.29. The van der Waals surface area contributed by atoms with E-state index in [0.717, 1.165) is 11.6 Å². The van der Waals surface area contributed by atoms with Gasteiger partial charge < -0.3 is 5.32 Å². The van der Waals surface area contributed by atoms with Crippen molar-refractivity contribution in [3.05, 3.63) is 34.9 Å². The maximum Gasteiger partial charge on any atom is 0.0453 e. The van der Waals surface area contributed by atoms with Crippen molar-refractivity contribution in [2.75, 3.05) is 12.3 Å². The molecule has 0 amide bonds. The standard InChI is InChI=1S/C14H20ClNS/c1-11(12-6-3-4-7-13(12)15)16-10-14(2)8-5-9-17-14/h3-4,6-7,11,16H,5,8-10H2,1-2H3. The highest BCUT2D eigenvalue weighted by Gasteiger charge is 2.29. The van der Waals surface area contributed by atoms with E-state index < -0.39 is 0 Å². The van der Waals surface area contributed by atoms with E-state index in [1.807, 2.05) is 18.2 Å². The second kappa shape index (κ2) is 5.64. The summed E-state index contributed by atoms with van der Waals surface area (Å²) in [4.78, 5) is 0. The number of halogens is 1. The van der Waals surface area contributed by atoms with Crippen LogP contribution in [0.25, 0.3) is 0 Å². The van der Waals surface area contributed by atoms with Crippen LogP contribution in [0.5, 0.6) is 0 Å². The van der Waals surface area contributed by atoms with Gasteiger partial charge in [0.1, 0.15) is 0 Å². The number of rotatable bonds is 4. The van der Waals surface area contributed by atoms with E-state index in [4.69, 9.17) is 11.6 Å².